The molecule has 0 saturated carbocycles. The van der Waals surface area contributed by atoms with Crippen molar-refractivity contribution in [3.05, 3.63) is 118 Å². The zero-order valence-corrected chi connectivity index (χ0v) is 25.6. The number of fused-ring (bicyclic) bond motifs is 2. The maximum atomic E-state index is 13.2. The molecule has 4 atom stereocenters. The minimum absolute atomic E-state index is 0.366. The molecule has 0 amide bonds. The van der Waals surface area contributed by atoms with Crippen molar-refractivity contribution in [2.75, 3.05) is 0 Å². The van der Waals surface area contributed by atoms with E-state index in [-0.39, 0.29) is 0 Å². The lowest BCUT2D eigenvalue weighted by Gasteiger charge is -2.41. The minimum atomic E-state index is -4.37. The highest BCUT2D eigenvalue weighted by Crippen LogP contribution is 2.55. The predicted octanol–water partition coefficient (Wildman–Crippen LogP) is 11.1. The number of hydrogen-bond donors (Lipinski definition) is 0. The molecule has 224 valence electrons. The average Bonchev–Trinajstić information content (AvgIpc) is 3.48. The zero-order valence-electron chi connectivity index (χ0n) is 24.6. The predicted molar refractivity (Wildman–Crippen MR) is 162 cm³/mol. The summed E-state index contributed by atoms with van der Waals surface area (Å²) in [6.45, 7) is 9.54. The molecule has 0 aromatic heterocycles. The summed E-state index contributed by atoms with van der Waals surface area (Å²) >= 11 is 0. The molecule has 4 unspecified atom stereocenters. The molecule has 4 aromatic rings. The molecular formula is C36H34F6Si. The normalized spacial score (nSPS) is 22.0. The van der Waals surface area contributed by atoms with E-state index >= 15 is 0 Å². The van der Waals surface area contributed by atoms with Gasteiger partial charge in [0.2, 0.25) is 0 Å². The Hall–Kier alpha value is -3.32. The van der Waals surface area contributed by atoms with E-state index in [1.807, 2.05) is 24.3 Å². The van der Waals surface area contributed by atoms with E-state index in [1.165, 1.54) is 22.3 Å². The molecular weight excluding hydrogens is 574 g/mol. The fraction of sp³-hybridized carbons (Fsp3) is 0.333. The molecule has 0 N–H and O–H groups in total. The van der Waals surface area contributed by atoms with E-state index in [4.69, 9.17) is 0 Å². The Morgan fingerprint density at radius 1 is 0.535 bits per heavy atom. The fourth-order valence-electron chi connectivity index (χ4n) is 8.42. The van der Waals surface area contributed by atoms with Crippen molar-refractivity contribution in [2.24, 2.45) is 11.8 Å². The molecule has 0 aliphatic heterocycles. The second-order valence-corrected chi connectivity index (χ2v) is 17.9. The van der Waals surface area contributed by atoms with Crippen molar-refractivity contribution < 1.29 is 26.3 Å². The van der Waals surface area contributed by atoms with Crippen LogP contribution in [0.4, 0.5) is 26.3 Å². The molecule has 4 aromatic carbocycles. The fourth-order valence-corrected chi connectivity index (χ4v) is 14.1. The number of alkyl halides is 6. The van der Waals surface area contributed by atoms with Gasteiger partial charge in [-0.05, 0) is 105 Å². The van der Waals surface area contributed by atoms with Gasteiger partial charge in [0.15, 0.2) is 0 Å². The molecule has 7 heteroatoms. The molecule has 0 spiro atoms. The quantitative estimate of drug-likeness (QED) is 0.160. The molecule has 0 bridgehead atoms. The molecule has 0 radical (unpaired) electrons. The second kappa shape index (κ2) is 10.4. The molecule has 2 aliphatic rings. The van der Waals surface area contributed by atoms with Gasteiger partial charge < -0.3 is 0 Å². The summed E-state index contributed by atoms with van der Waals surface area (Å²) in [4.78, 5) is 0. The summed E-state index contributed by atoms with van der Waals surface area (Å²) in [5.41, 5.74) is 8.19. The lowest BCUT2D eigenvalue weighted by atomic mass is 9.96. The van der Waals surface area contributed by atoms with Gasteiger partial charge in [-0.15, -0.1) is 0 Å². The van der Waals surface area contributed by atoms with Crippen LogP contribution in [-0.2, 0) is 25.2 Å². The van der Waals surface area contributed by atoms with Crippen molar-refractivity contribution >= 4 is 8.07 Å². The number of rotatable bonds is 4. The zero-order chi connectivity index (χ0) is 30.9. The Kier molecular flexibility index (Phi) is 7.19. The third-order valence-electron chi connectivity index (χ3n) is 9.93. The van der Waals surface area contributed by atoms with E-state index in [2.05, 4.69) is 39.1 Å². The first kappa shape index (κ1) is 29.7. The van der Waals surface area contributed by atoms with Crippen LogP contribution in [0, 0.1) is 11.8 Å². The van der Waals surface area contributed by atoms with Gasteiger partial charge in [-0.3, -0.25) is 0 Å². The van der Waals surface area contributed by atoms with Crippen LogP contribution in [-0.4, -0.2) is 8.07 Å². The van der Waals surface area contributed by atoms with Crippen molar-refractivity contribution in [3.8, 4) is 22.3 Å². The lowest BCUT2D eigenvalue weighted by Crippen LogP contribution is -2.45. The first-order chi connectivity index (χ1) is 20.2. The number of hydrogen-bond acceptors (Lipinski definition) is 0. The van der Waals surface area contributed by atoms with Gasteiger partial charge in [-0.1, -0.05) is 87.6 Å². The first-order valence-corrected chi connectivity index (χ1v) is 17.9. The van der Waals surface area contributed by atoms with Gasteiger partial charge in [0.1, 0.15) is 0 Å². The molecule has 6 rings (SSSR count). The Bertz CT molecular complexity index is 1520. The van der Waals surface area contributed by atoms with Crippen molar-refractivity contribution in [1.82, 2.24) is 0 Å². The highest BCUT2D eigenvalue weighted by molar-refractivity contribution is 6.80. The third kappa shape index (κ3) is 5.13. The van der Waals surface area contributed by atoms with Gasteiger partial charge in [0, 0.05) is 0 Å². The van der Waals surface area contributed by atoms with Gasteiger partial charge in [-0.2, -0.15) is 26.3 Å². The van der Waals surface area contributed by atoms with Crippen LogP contribution in [0.1, 0.15) is 58.3 Å². The van der Waals surface area contributed by atoms with Crippen LogP contribution < -0.4 is 0 Å². The van der Waals surface area contributed by atoms with Crippen LogP contribution in [0.2, 0.25) is 13.1 Å². The SMILES string of the molecule is CC1Cc2c(-c3ccc(C(F)(F)F)cc3)cccc2C1[Si](C)(C)C1c2cccc(-c3ccc(C(F)(F)F)cc3)c2CC1C. The summed E-state index contributed by atoms with van der Waals surface area (Å²) in [6.07, 6.45) is -6.97. The summed E-state index contributed by atoms with van der Waals surface area (Å²) in [5.74, 6) is 0.781. The smallest absolute Gasteiger partial charge is 0.166 e. The standard InChI is InChI=1S/C36H34F6Si/c1-21-19-31-27(23-11-15-25(16-12-23)35(37,38)39)7-5-9-29(31)33(21)43(3,4)34-22(2)20-32-28(8-6-10-30(32)34)24-13-17-26(18-14-24)36(40,41)42/h5-18,21-22,33-34H,19-20H2,1-4H3. The highest BCUT2D eigenvalue weighted by atomic mass is 28.3. The summed E-state index contributed by atoms with van der Waals surface area (Å²) in [7, 11) is -2.08. The Morgan fingerprint density at radius 2 is 0.884 bits per heavy atom. The molecule has 2 aliphatic carbocycles. The molecule has 0 heterocycles. The maximum Gasteiger partial charge on any atom is 0.416 e. The molecule has 0 fully saturated rings. The highest BCUT2D eigenvalue weighted by Gasteiger charge is 2.51. The van der Waals surface area contributed by atoms with E-state index in [9.17, 15) is 26.3 Å². The second-order valence-electron chi connectivity index (χ2n) is 13.0. The number of benzene rings is 4. The Balaban J connectivity index is 1.37. The van der Waals surface area contributed by atoms with Crippen LogP contribution in [0.3, 0.4) is 0 Å². The topological polar surface area (TPSA) is 0 Å². The van der Waals surface area contributed by atoms with Crippen LogP contribution in [0.25, 0.3) is 22.3 Å². The first-order valence-electron chi connectivity index (χ1n) is 14.8. The van der Waals surface area contributed by atoms with Gasteiger partial charge in [0.05, 0.1) is 19.2 Å². The van der Waals surface area contributed by atoms with Crippen LogP contribution in [0.5, 0.6) is 0 Å². The molecule has 0 saturated heterocycles. The minimum Gasteiger partial charge on any atom is -0.166 e. The van der Waals surface area contributed by atoms with Crippen molar-refractivity contribution in [2.45, 2.75) is 63.2 Å². The van der Waals surface area contributed by atoms with Gasteiger partial charge in [0.25, 0.3) is 0 Å². The van der Waals surface area contributed by atoms with E-state index in [0.717, 1.165) is 59.4 Å². The average molecular weight is 609 g/mol. The van der Waals surface area contributed by atoms with E-state index < -0.39 is 31.6 Å². The van der Waals surface area contributed by atoms with E-state index in [0.29, 0.717) is 22.9 Å². The summed E-state index contributed by atoms with van der Waals surface area (Å²) < 4.78 is 79.2. The maximum absolute atomic E-state index is 13.2. The Morgan fingerprint density at radius 3 is 1.21 bits per heavy atom. The van der Waals surface area contributed by atoms with Crippen LogP contribution in [0.15, 0.2) is 84.9 Å². The number of halogens is 6. The largest absolute Gasteiger partial charge is 0.416 e. The summed E-state index contributed by atoms with van der Waals surface area (Å²) in [5, 5.41) is 0. The summed E-state index contributed by atoms with van der Waals surface area (Å²) in [6, 6.07) is 23.5. The van der Waals surface area contributed by atoms with E-state index in [1.54, 1.807) is 24.3 Å². The molecule has 43 heavy (non-hydrogen) atoms. The Labute approximate surface area is 249 Å². The third-order valence-corrected chi connectivity index (χ3v) is 14.9. The van der Waals surface area contributed by atoms with Crippen LogP contribution >= 0.6 is 0 Å². The van der Waals surface area contributed by atoms with Crippen molar-refractivity contribution in [3.63, 3.8) is 0 Å². The van der Waals surface area contributed by atoms with Gasteiger partial charge >= 0.3 is 12.4 Å². The van der Waals surface area contributed by atoms with Gasteiger partial charge in [-0.25, -0.2) is 0 Å². The lowest BCUT2D eigenvalue weighted by molar-refractivity contribution is -0.138. The van der Waals surface area contributed by atoms with Crippen molar-refractivity contribution in [1.29, 1.82) is 0 Å². The monoisotopic (exact) mass is 608 g/mol. The molecule has 0 nitrogen and oxygen atoms in total.